The van der Waals surface area contributed by atoms with Crippen LogP contribution >= 0.6 is 0 Å². The van der Waals surface area contributed by atoms with Gasteiger partial charge in [0.2, 0.25) is 5.91 Å². The maximum Gasteiger partial charge on any atom is 0.224 e. The number of aryl methyl sites for hydroxylation is 2. The lowest BCUT2D eigenvalue weighted by Gasteiger charge is -2.10. The largest absolute Gasteiger partial charge is 0.493 e. The highest BCUT2D eigenvalue weighted by atomic mass is 16.5. The van der Waals surface area contributed by atoms with Crippen molar-refractivity contribution in [2.45, 2.75) is 26.7 Å². The lowest BCUT2D eigenvalue weighted by molar-refractivity contribution is -0.116. The SMILES string of the molecule is COc1ccc(NC(=O)CCc2c(C)nn(C)c2C)cc1OC. The van der Waals surface area contributed by atoms with Gasteiger partial charge in [0.15, 0.2) is 11.5 Å². The topological polar surface area (TPSA) is 65.4 Å². The summed E-state index contributed by atoms with van der Waals surface area (Å²) >= 11 is 0. The third-order valence-corrected chi connectivity index (χ3v) is 3.93. The number of carbonyl (C=O) groups excluding carboxylic acids is 1. The smallest absolute Gasteiger partial charge is 0.224 e. The van der Waals surface area contributed by atoms with Crippen LogP contribution in [0.5, 0.6) is 11.5 Å². The monoisotopic (exact) mass is 317 g/mol. The lowest BCUT2D eigenvalue weighted by atomic mass is 10.1. The van der Waals surface area contributed by atoms with E-state index in [1.54, 1.807) is 32.4 Å². The normalized spacial score (nSPS) is 10.5. The molecule has 0 atom stereocenters. The van der Waals surface area contributed by atoms with Crippen LogP contribution in [0.1, 0.15) is 23.4 Å². The summed E-state index contributed by atoms with van der Waals surface area (Å²) in [7, 11) is 5.06. The second kappa shape index (κ2) is 7.17. The number of aromatic nitrogens is 2. The van der Waals surface area contributed by atoms with Crippen molar-refractivity contribution in [3.05, 3.63) is 35.2 Å². The zero-order valence-electron chi connectivity index (χ0n) is 14.3. The van der Waals surface area contributed by atoms with Gasteiger partial charge in [-0.15, -0.1) is 0 Å². The van der Waals surface area contributed by atoms with Gasteiger partial charge in [0.25, 0.3) is 0 Å². The molecule has 2 aromatic rings. The molecule has 0 aliphatic carbocycles. The van der Waals surface area contributed by atoms with Crippen molar-refractivity contribution in [2.24, 2.45) is 7.05 Å². The molecule has 1 amide bonds. The Morgan fingerprint density at radius 2 is 1.91 bits per heavy atom. The zero-order valence-corrected chi connectivity index (χ0v) is 14.3. The van der Waals surface area contributed by atoms with Crippen molar-refractivity contribution in [3.63, 3.8) is 0 Å². The van der Waals surface area contributed by atoms with E-state index < -0.39 is 0 Å². The van der Waals surface area contributed by atoms with Crippen molar-refractivity contribution in [1.82, 2.24) is 9.78 Å². The molecule has 2 rings (SSSR count). The van der Waals surface area contributed by atoms with Crippen LogP contribution in [-0.4, -0.2) is 29.9 Å². The second-order valence-corrected chi connectivity index (χ2v) is 5.39. The number of rotatable bonds is 6. The maximum absolute atomic E-state index is 12.2. The fourth-order valence-electron chi connectivity index (χ4n) is 2.56. The van der Waals surface area contributed by atoms with Crippen LogP contribution in [0.3, 0.4) is 0 Å². The molecule has 6 nitrogen and oxygen atoms in total. The number of anilines is 1. The molecule has 1 aromatic heterocycles. The van der Waals surface area contributed by atoms with Gasteiger partial charge in [0.05, 0.1) is 19.9 Å². The number of hydrogen-bond acceptors (Lipinski definition) is 4. The number of nitrogens with one attached hydrogen (secondary N) is 1. The average Bonchev–Trinajstić information content (AvgIpc) is 2.78. The van der Waals surface area contributed by atoms with Crippen molar-refractivity contribution in [3.8, 4) is 11.5 Å². The highest BCUT2D eigenvalue weighted by molar-refractivity contribution is 5.91. The van der Waals surface area contributed by atoms with Crippen LogP contribution in [0.25, 0.3) is 0 Å². The molecule has 23 heavy (non-hydrogen) atoms. The number of hydrogen-bond donors (Lipinski definition) is 1. The summed E-state index contributed by atoms with van der Waals surface area (Å²) < 4.78 is 12.3. The summed E-state index contributed by atoms with van der Waals surface area (Å²) in [6, 6.07) is 5.31. The third kappa shape index (κ3) is 3.83. The first kappa shape index (κ1) is 16.9. The molecule has 124 valence electrons. The van der Waals surface area contributed by atoms with E-state index in [4.69, 9.17) is 9.47 Å². The summed E-state index contributed by atoms with van der Waals surface area (Å²) in [5.41, 5.74) is 3.90. The van der Waals surface area contributed by atoms with Crippen molar-refractivity contribution in [2.75, 3.05) is 19.5 Å². The van der Waals surface area contributed by atoms with Gasteiger partial charge < -0.3 is 14.8 Å². The van der Waals surface area contributed by atoms with E-state index in [-0.39, 0.29) is 5.91 Å². The molecule has 1 N–H and O–H groups in total. The quantitative estimate of drug-likeness (QED) is 0.889. The number of nitrogens with zero attached hydrogens (tertiary/aromatic N) is 2. The molecule has 6 heteroatoms. The molecular weight excluding hydrogens is 294 g/mol. The Morgan fingerprint density at radius 1 is 1.22 bits per heavy atom. The molecular formula is C17H23N3O3. The fourth-order valence-corrected chi connectivity index (χ4v) is 2.56. The van der Waals surface area contributed by atoms with Gasteiger partial charge in [-0.05, 0) is 38.0 Å². The first-order valence-electron chi connectivity index (χ1n) is 7.47. The first-order valence-corrected chi connectivity index (χ1v) is 7.47. The summed E-state index contributed by atoms with van der Waals surface area (Å²) in [5, 5.41) is 7.25. The van der Waals surface area contributed by atoms with E-state index >= 15 is 0 Å². The number of carbonyl (C=O) groups is 1. The van der Waals surface area contributed by atoms with E-state index in [0.717, 1.165) is 17.0 Å². The van der Waals surface area contributed by atoms with E-state index in [1.807, 2.05) is 25.6 Å². The molecule has 0 aliphatic heterocycles. The van der Waals surface area contributed by atoms with E-state index in [2.05, 4.69) is 10.4 Å². The fraction of sp³-hybridized carbons (Fsp3) is 0.412. The van der Waals surface area contributed by atoms with E-state index in [1.165, 1.54) is 0 Å². The van der Waals surface area contributed by atoms with Gasteiger partial charge in [0, 0.05) is 30.9 Å². The van der Waals surface area contributed by atoms with Crippen LogP contribution in [0.2, 0.25) is 0 Å². The number of amides is 1. The molecule has 0 saturated heterocycles. The van der Waals surface area contributed by atoms with Gasteiger partial charge in [-0.1, -0.05) is 0 Å². The minimum absolute atomic E-state index is 0.0418. The number of ether oxygens (including phenoxy) is 2. The summed E-state index contributed by atoms with van der Waals surface area (Å²) in [6.07, 6.45) is 1.08. The molecule has 0 radical (unpaired) electrons. The van der Waals surface area contributed by atoms with Gasteiger partial charge >= 0.3 is 0 Å². The van der Waals surface area contributed by atoms with Gasteiger partial charge in [-0.3, -0.25) is 9.48 Å². The Labute approximate surface area is 136 Å². The number of methoxy groups -OCH3 is 2. The molecule has 0 aliphatic rings. The Hall–Kier alpha value is -2.50. The molecule has 0 saturated carbocycles. The Balaban J connectivity index is 2.00. The molecule has 0 fully saturated rings. The van der Waals surface area contributed by atoms with Gasteiger partial charge in [0.1, 0.15) is 0 Å². The second-order valence-electron chi connectivity index (χ2n) is 5.39. The molecule has 1 heterocycles. The standard InChI is InChI=1S/C17H23N3O3/c1-11-14(12(2)20(3)19-11)7-9-17(21)18-13-6-8-15(22-4)16(10-13)23-5/h6,8,10H,7,9H2,1-5H3,(H,18,21). The van der Waals surface area contributed by atoms with Gasteiger partial charge in [-0.25, -0.2) is 0 Å². The molecule has 0 bridgehead atoms. The van der Waals surface area contributed by atoms with Crippen molar-refractivity contribution >= 4 is 11.6 Å². The Bertz CT molecular complexity index is 707. The summed E-state index contributed by atoms with van der Waals surface area (Å²) in [5.74, 6) is 1.18. The Morgan fingerprint density at radius 3 is 2.48 bits per heavy atom. The Kier molecular flexibility index (Phi) is 5.26. The average molecular weight is 317 g/mol. The van der Waals surface area contributed by atoms with Crippen LogP contribution < -0.4 is 14.8 Å². The summed E-state index contributed by atoms with van der Waals surface area (Å²) in [4.78, 5) is 12.2. The third-order valence-electron chi connectivity index (χ3n) is 3.93. The van der Waals surface area contributed by atoms with Crippen LogP contribution in [0.15, 0.2) is 18.2 Å². The lowest BCUT2D eigenvalue weighted by Crippen LogP contribution is -2.13. The minimum Gasteiger partial charge on any atom is -0.493 e. The van der Waals surface area contributed by atoms with Crippen LogP contribution in [0, 0.1) is 13.8 Å². The van der Waals surface area contributed by atoms with Crippen molar-refractivity contribution < 1.29 is 14.3 Å². The highest BCUT2D eigenvalue weighted by Gasteiger charge is 2.12. The van der Waals surface area contributed by atoms with Crippen LogP contribution in [-0.2, 0) is 18.3 Å². The zero-order chi connectivity index (χ0) is 17.0. The predicted octanol–water partition coefficient (Wildman–Crippen LogP) is 2.63. The van der Waals surface area contributed by atoms with Gasteiger partial charge in [-0.2, -0.15) is 5.10 Å². The number of benzene rings is 1. The van der Waals surface area contributed by atoms with Crippen LogP contribution in [0.4, 0.5) is 5.69 Å². The first-order chi connectivity index (χ1) is 11.0. The summed E-state index contributed by atoms with van der Waals surface area (Å²) in [6.45, 7) is 3.98. The molecule has 1 aromatic carbocycles. The van der Waals surface area contributed by atoms with Crippen molar-refractivity contribution in [1.29, 1.82) is 0 Å². The molecule has 0 spiro atoms. The maximum atomic E-state index is 12.2. The van der Waals surface area contributed by atoms with E-state index in [0.29, 0.717) is 30.0 Å². The minimum atomic E-state index is -0.0418. The highest BCUT2D eigenvalue weighted by Crippen LogP contribution is 2.29. The van der Waals surface area contributed by atoms with E-state index in [9.17, 15) is 4.79 Å². The predicted molar refractivity (Wildman–Crippen MR) is 89.2 cm³/mol. The molecule has 0 unspecified atom stereocenters.